The molecule has 2 aromatic carbocycles. The van der Waals surface area contributed by atoms with Crippen LogP contribution in [0.1, 0.15) is 15.2 Å². The molecule has 0 atom stereocenters. The number of hydrogen-bond acceptors (Lipinski definition) is 4. The summed E-state index contributed by atoms with van der Waals surface area (Å²) in [5, 5.41) is 3.35. The van der Waals surface area contributed by atoms with Gasteiger partial charge in [-0.05, 0) is 37.3 Å². The van der Waals surface area contributed by atoms with E-state index in [0.29, 0.717) is 21.1 Å². The molecular formula is C21H15ClFN3OS. The monoisotopic (exact) mass is 411 g/mol. The molecule has 7 heteroatoms. The zero-order valence-corrected chi connectivity index (χ0v) is 16.4. The first-order chi connectivity index (χ1) is 13.4. The van der Waals surface area contributed by atoms with Crippen LogP contribution in [-0.2, 0) is 0 Å². The molecule has 0 fully saturated rings. The summed E-state index contributed by atoms with van der Waals surface area (Å²) in [5.41, 5.74) is 9.91. The molecule has 140 valence electrons. The van der Waals surface area contributed by atoms with Gasteiger partial charge >= 0.3 is 0 Å². The van der Waals surface area contributed by atoms with Gasteiger partial charge in [-0.25, -0.2) is 9.37 Å². The van der Waals surface area contributed by atoms with E-state index in [-0.39, 0.29) is 10.9 Å². The van der Waals surface area contributed by atoms with Crippen molar-refractivity contribution in [2.75, 3.05) is 11.1 Å². The molecule has 4 aromatic rings. The average molecular weight is 412 g/mol. The van der Waals surface area contributed by atoms with E-state index in [0.717, 1.165) is 16.6 Å². The molecule has 4 rings (SSSR count). The van der Waals surface area contributed by atoms with Crippen molar-refractivity contribution < 1.29 is 9.18 Å². The maximum Gasteiger partial charge on any atom is 0.267 e. The Morgan fingerprint density at radius 2 is 1.89 bits per heavy atom. The van der Waals surface area contributed by atoms with E-state index in [1.54, 1.807) is 0 Å². The predicted octanol–water partition coefficient (Wildman–Crippen LogP) is 5.90. The Morgan fingerprint density at radius 3 is 2.61 bits per heavy atom. The van der Waals surface area contributed by atoms with Gasteiger partial charge in [0.2, 0.25) is 0 Å². The third-order valence-electron chi connectivity index (χ3n) is 4.32. The van der Waals surface area contributed by atoms with Crippen molar-refractivity contribution in [3.05, 3.63) is 75.9 Å². The highest BCUT2D eigenvalue weighted by molar-refractivity contribution is 7.21. The summed E-state index contributed by atoms with van der Waals surface area (Å²) in [6.07, 6.45) is 0. The van der Waals surface area contributed by atoms with Gasteiger partial charge in [0.15, 0.2) is 0 Å². The highest BCUT2D eigenvalue weighted by atomic mass is 35.5. The summed E-state index contributed by atoms with van der Waals surface area (Å²) in [6, 6.07) is 15.8. The van der Waals surface area contributed by atoms with E-state index in [2.05, 4.69) is 10.3 Å². The first kappa shape index (κ1) is 18.4. The van der Waals surface area contributed by atoms with Crippen LogP contribution in [0.3, 0.4) is 0 Å². The van der Waals surface area contributed by atoms with E-state index >= 15 is 0 Å². The number of anilines is 2. The smallest absolute Gasteiger partial charge is 0.267 e. The number of amides is 1. The van der Waals surface area contributed by atoms with Crippen LogP contribution in [0.2, 0.25) is 5.02 Å². The lowest BCUT2D eigenvalue weighted by Gasteiger charge is -2.05. The average Bonchev–Trinajstić information content (AvgIpc) is 3.01. The number of carbonyl (C=O) groups is 1. The normalized spacial score (nSPS) is 11.0. The fraction of sp³-hybridized carbons (Fsp3) is 0.0476. The van der Waals surface area contributed by atoms with Crippen LogP contribution in [-0.4, -0.2) is 10.9 Å². The van der Waals surface area contributed by atoms with Gasteiger partial charge in [0.1, 0.15) is 15.5 Å². The molecule has 0 aliphatic heterocycles. The van der Waals surface area contributed by atoms with Crippen molar-refractivity contribution in [3.63, 3.8) is 0 Å². The predicted molar refractivity (Wildman–Crippen MR) is 114 cm³/mol. The second-order valence-electron chi connectivity index (χ2n) is 6.34. The molecule has 4 nitrogen and oxygen atoms in total. The number of halogens is 2. The highest BCUT2D eigenvalue weighted by Gasteiger charge is 2.18. The van der Waals surface area contributed by atoms with Crippen LogP contribution in [0.4, 0.5) is 15.8 Å². The minimum atomic E-state index is -0.547. The minimum Gasteiger partial charge on any atom is -0.397 e. The zero-order chi connectivity index (χ0) is 19.8. The lowest BCUT2D eigenvalue weighted by molar-refractivity contribution is 0.103. The molecule has 2 heterocycles. The van der Waals surface area contributed by atoms with Crippen LogP contribution in [0, 0.1) is 12.7 Å². The minimum absolute atomic E-state index is 0.0634. The lowest BCUT2D eigenvalue weighted by Crippen LogP contribution is -2.12. The number of rotatable bonds is 3. The Bertz CT molecular complexity index is 1200. The molecule has 0 saturated carbocycles. The van der Waals surface area contributed by atoms with Crippen LogP contribution < -0.4 is 11.1 Å². The third kappa shape index (κ3) is 3.44. The molecule has 0 spiro atoms. The largest absolute Gasteiger partial charge is 0.397 e. The lowest BCUT2D eigenvalue weighted by atomic mass is 10.1. The second kappa shape index (κ2) is 7.22. The Balaban J connectivity index is 1.67. The Kier molecular flexibility index (Phi) is 4.75. The summed E-state index contributed by atoms with van der Waals surface area (Å²) < 4.78 is 13.3. The first-order valence-corrected chi connectivity index (χ1v) is 9.64. The highest BCUT2D eigenvalue weighted by Crippen LogP contribution is 2.35. The molecule has 2 aromatic heterocycles. The molecule has 3 N–H and O–H groups in total. The van der Waals surface area contributed by atoms with Gasteiger partial charge in [0.25, 0.3) is 5.91 Å². The molecule has 0 radical (unpaired) electrons. The molecule has 1 amide bonds. The van der Waals surface area contributed by atoms with Gasteiger partial charge in [-0.3, -0.25) is 4.79 Å². The molecule has 28 heavy (non-hydrogen) atoms. The first-order valence-electron chi connectivity index (χ1n) is 8.45. The summed E-state index contributed by atoms with van der Waals surface area (Å²) in [7, 11) is 0. The van der Waals surface area contributed by atoms with Gasteiger partial charge in [-0.2, -0.15) is 0 Å². The summed E-state index contributed by atoms with van der Waals surface area (Å²) in [4.78, 5) is 18.3. The number of hydrogen-bond donors (Lipinski definition) is 2. The number of fused-ring (bicyclic) bond motifs is 1. The summed E-state index contributed by atoms with van der Waals surface area (Å²) in [5.74, 6) is -0.936. The number of aryl methyl sites for hydroxylation is 1. The Morgan fingerprint density at radius 1 is 1.14 bits per heavy atom. The molecule has 0 aliphatic carbocycles. The van der Waals surface area contributed by atoms with Crippen molar-refractivity contribution in [1.82, 2.24) is 4.98 Å². The number of pyridine rings is 1. The fourth-order valence-corrected chi connectivity index (χ4v) is 3.98. The number of benzene rings is 2. The number of nitrogen functional groups attached to an aromatic ring is 1. The van der Waals surface area contributed by atoms with E-state index in [4.69, 9.17) is 17.3 Å². The molecule has 0 unspecified atom stereocenters. The second-order valence-corrected chi connectivity index (χ2v) is 7.75. The van der Waals surface area contributed by atoms with E-state index in [1.165, 1.54) is 35.1 Å². The van der Waals surface area contributed by atoms with Crippen molar-refractivity contribution in [2.24, 2.45) is 0 Å². The Labute approximate surface area is 169 Å². The molecule has 0 saturated heterocycles. The maximum absolute atomic E-state index is 13.3. The standard InChI is InChI=1S/C21H15ClFN3OS/c1-11-2-4-12(5-3-11)17-9-7-14-18(24)19(28-21(14)26-17)20(27)25-13-6-8-16(23)15(22)10-13/h2-10H,24H2,1H3,(H,25,27). The molecule has 0 aliphatic rings. The van der Waals surface area contributed by atoms with Crippen LogP contribution in [0.25, 0.3) is 21.5 Å². The van der Waals surface area contributed by atoms with Gasteiger partial charge in [-0.15, -0.1) is 11.3 Å². The zero-order valence-electron chi connectivity index (χ0n) is 14.8. The Hall–Kier alpha value is -2.96. The number of aromatic nitrogens is 1. The maximum atomic E-state index is 13.3. The van der Waals surface area contributed by atoms with Gasteiger partial charge in [-0.1, -0.05) is 41.4 Å². The van der Waals surface area contributed by atoms with Crippen molar-refractivity contribution in [2.45, 2.75) is 6.92 Å². The number of nitrogens with zero attached hydrogens (tertiary/aromatic N) is 1. The molecule has 0 bridgehead atoms. The number of nitrogens with one attached hydrogen (secondary N) is 1. The van der Waals surface area contributed by atoms with Crippen LogP contribution in [0.15, 0.2) is 54.6 Å². The van der Waals surface area contributed by atoms with Gasteiger partial charge in [0, 0.05) is 16.6 Å². The summed E-state index contributed by atoms with van der Waals surface area (Å²) in [6.45, 7) is 2.03. The SMILES string of the molecule is Cc1ccc(-c2ccc3c(N)c(C(=O)Nc4ccc(F)c(Cl)c4)sc3n2)cc1. The summed E-state index contributed by atoms with van der Waals surface area (Å²) >= 11 is 6.98. The molecular weight excluding hydrogens is 397 g/mol. The number of nitrogens with two attached hydrogens (primary N) is 1. The van der Waals surface area contributed by atoms with E-state index in [1.807, 2.05) is 43.3 Å². The van der Waals surface area contributed by atoms with Gasteiger partial charge in [0.05, 0.1) is 16.4 Å². The van der Waals surface area contributed by atoms with E-state index < -0.39 is 5.82 Å². The van der Waals surface area contributed by atoms with Crippen LogP contribution >= 0.6 is 22.9 Å². The van der Waals surface area contributed by atoms with Crippen LogP contribution in [0.5, 0.6) is 0 Å². The van der Waals surface area contributed by atoms with Gasteiger partial charge < -0.3 is 11.1 Å². The fourth-order valence-electron chi connectivity index (χ4n) is 2.81. The van der Waals surface area contributed by atoms with Crippen molar-refractivity contribution in [3.8, 4) is 11.3 Å². The van der Waals surface area contributed by atoms with Crippen molar-refractivity contribution >= 4 is 50.4 Å². The quantitative estimate of drug-likeness (QED) is 0.441. The number of carbonyl (C=O) groups excluding carboxylic acids is 1. The van der Waals surface area contributed by atoms with Crippen molar-refractivity contribution in [1.29, 1.82) is 0 Å². The van der Waals surface area contributed by atoms with E-state index in [9.17, 15) is 9.18 Å². The topological polar surface area (TPSA) is 68.0 Å². The third-order valence-corrected chi connectivity index (χ3v) is 5.73. The number of thiophene rings is 1.